The predicted octanol–water partition coefficient (Wildman–Crippen LogP) is 2.84. The molecule has 0 unspecified atom stereocenters. The number of fused-ring (bicyclic) bond motifs is 1. The molecule has 2 aromatic heterocycles. The van der Waals surface area contributed by atoms with Crippen molar-refractivity contribution in [1.29, 1.82) is 0 Å². The smallest absolute Gasteiger partial charge is 0.266 e. The van der Waals surface area contributed by atoms with E-state index in [0.717, 1.165) is 22.6 Å². The molecule has 0 atom stereocenters. The van der Waals surface area contributed by atoms with E-state index in [0.29, 0.717) is 24.5 Å². The van der Waals surface area contributed by atoms with Gasteiger partial charge in [0.25, 0.3) is 10.0 Å². The summed E-state index contributed by atoms with van der Waals surface area (Å²) in [6, 6.07) is 7.63. The Bertz CT molecular complexity index is 1150. The molecule has 3 aromatic rings. The van der Waals surface area contributed by atoms with E-state index in [2.05, 4.69) is 14.9 Å². The number of likely N-dealkylation sites (N-methyl/N-ethyl adjacent to an activating group) is 1. The van der Waals surface area contributed by atoms with Crippen LogP contribution in [-0.2, 0) is 10.0 Å². The highest BCUT2D eigenvalue weighted by atomic mass is 32.2. The zero-order valence-electron chi connectivity index (χ0n) is 16.4. The Morgan fingerprint density at radius 1 is 1.04 bits per heavy atom. The highest BCUT2D eigenvalue weighted by Gasteiger charge is 2.33. The fourth-order valence-electron chi connectivity index (χ4n) is 3.59. The van der Waals surface area contributed by atoms with Crippen molar-refractivity contribution in [1.82, 2.24) is 14.5 Å². The molecule has 8 heteroatoms. The third kappa shape index (κ3) is 2.93. The van der Waals surface area contributed by atoms with Crippen molar-refractivity contribution in [2.24, 2.45) is 0 Å². The van der Waals surface area contributed by atoms with Gasteiger partial charge in [0.05, 0.1) is 29.8 Å². The van der Waals surface area contributed by atoms with E-state index in [1.807, 2.05) is 45.3 Å². The molecule has 28 heavy (non-hydrogen) atoms. The molecule has 1 aliphatic rings. The topological polar surface area (TPSA) is 71.3 Å². The van der Waals surface area contributed by atoms with Gasteiger partial charge in [-0.15, -0.1) is 0 Å². The maximum absolute atomic E-state index is 13.5. The summed E-state index contributed by atoms with van der Waals surface area (Å²) in [5.74, 6) is 0.645. The van der Waals surface area contributed by atoms with Gasteiger partial charge in [-0.05, 0) is 44.0 Å². The van der Waals surface area contributed by atoms with E-state index in [1.54, 1.807) is 23.9 Å². The quantitative estimate of drug-likeness (QED) is 0.680. The lowest BCUT2D eigenvalue weighted by atomic mass is 10.1. The van der Waals surface area contributed by atoms with Gasteiger partial charge >= 0.3 is 0 Å². The Balaban J connectivity index is 1.79. The number of anilines is 2. The Kier molecular flexibility index (Phi) is 4.38. The van der Waals surface area contributed by atoms with Gasteiger partial charge < -0.3 is 4.90 Å². The van der Waals surface area contributed by atoms with Crippen LogP contribution in [0.5, 0.6) is 0 Å². The number of sulfonamides is 1. The van der Waals surface area contributed by atoms with Crippen LogP contribution in [0, 0.1) is 20.8 Å². The number of aromatic nitrogens is 3. The van der Waals surface area contributed by atoms with Gasteiger partial charge in [-0.3, -0.25) is 8.87 Å². The Morgan fingerprint density at radius 2 is 1.82 bits per heavy atom. The highest BCUT2D eigenvalue weighted by molar-refractivity contribution is 7.93. The third-order valence-electron chi connectivity index (χ3n) is 5.11. The van der Waals surface area contributed by atoms with Crippen molar-refractivity contribution in [3.8, 4) is 5.82 Å². The average molecular weight is 398 g/mol. The molecule has 1 aliphatic heterocycles. The summed E-state index contributed by atoms with van der Waals surface area (Å²) in [7, 11) is -1.74. The first-order chi connectivity index (χ1) is 13.3. The molecule has 0 spiro atoms. The molecule has 0 radical (unpaired) electrons. The first-order valence-electron chi connectivity index (χ1n) is 9.10. The number of para-hydroxylation sites is 1. The second-order valence-corrected chi connectivity index (χ2v) is 9.00. The first-order valence-corrected chi connectivity index (χ1v) is 10.5. The summed E-state index contributed by atoms with van der Waals surface area (Å²) in [4.78, 5) is 10.9. The van der Waals surface area contributed by atoms with Crippen LogP contribution in [0.3, 0.4) is 0 Å². The van der Waals surface area contributed by atoms with Crippen molar-refractivity contribution in [2.45, 2.75) is 25.7 Å². The minimum atomic E-state index is -3.73. The molecule has 0 amide bonds. The maximum Gasteiger partial charge on any atom is 0.266 e. The van der Waals surface area contributed by atoms with Gasteiger partial charge in [0.1, 0.15) is 17.0 Å². The summed E-state index contributed by atoms with van der Waals surface area (Å²) < 4.78 is 30.4. The van der Waals surface area contributed by atoms with Crippen LogP contribution >= 0.6 is 0 Å². The number of nitrogens with zero attached hydrogens (tertiary/aromatic N) is 5. The second-order valence-electron chi connectivity index (χ2n) is 7.17. The van der Waals surface area contributed by atoms with Gasteiger partial charge in [-0.1, -0.05) is 12.1 Å². The largest absolute Gasteiger partial charge is 0.371 e. The highest BCUT2D eigenvalue weighted by Crippen LogP contribution is 2.38. The zero-order chi connectivity index (χ0) is 20.1. The van der Waals surface area contributed by atoms with Crippen molar-refractivity contribution in [3.63, 3.8) is 0 Å². The lowest BCUT2D eigenvalue weighted by Gasteiger charge is -2.37. The Hall–Kier alpha value is -2.87. The molecule has 0 N–H and O–H groups in total. The van der Waals surface area contributed by atoms with E-state index in [9.17, 15) is 8.42 Å². The van der Waals surface area contributed by atoms with Crippen LogP contribution in [0.1, 0.15) is 16.8 Å². The second kappa shape index (κ2) is 6.63. The normalized spacial score (nSPS) is 14.3. The van der Waals surface area contributed by atoms with Crippen molar-refractivity contribution in [3.05, 3.63) is 59.8 Å². The number of hydrogen-bond acceptors (Lipinski definition) is 5. The Morgan fingerprint density at radius 3 is 2.50 bits per heavy atom. The molecule has 146 valence electrons. The van der Waals surface area contributed by atoms with Crippen molar-refractivity contribution < 1.29 is 8.42 Å². The van der Waals surface area contributed by atoms with Gasteiger partial charge in [0.2, 0.25) is 0 Å². The molecular weight excluding hydrogens is 374 g/mol. The van der Waals surface area contributed by atoms with Crippen molar-refractivity contribution >= 4 is 21.4 Å². The van der Waals surface area contributed by atoms with Crippen LogP contribution in [0.15, 0.2) is 47.9 Å². The van der Waals surface area contributed by atoms with Gasteiger partial charge in [0, 0.05) is 19.8 Å². The summed E-state index contributed by atoms with van der Waals surface area (Å²) in [6.07, 6.45) is 4.98. The predicted molar refractivity (Wildman–Crippen MR) is 110 cm³/mol. The molecule has 0 saturated heterocycles. The van der Waals surface area contributed by atoms with E-state index < -0.39 is 10.0 Å². The van der Waals surface area contributed by atoms with E-state index in [-0.39, 0.29) is 4.90 Å². The summed E-state index contributed by atoms with van der Waals surface area (Å²) >= 11 is 0. The van der Waals surface area contributed by atoms with Crippen LogP contribution in [-0.4, -0.2) is 43.1 Å². The lowest BCUT2D eigenvalue weighted by Crippen LogP contribution is -2.43. The molecule has 0 bridgehead atoms. The number of hydrogen-bond donors (Lipinski definition) is 0. The molecule has 0 saturated carbocycles. The first kappa shape index (κ1) is 18.5. The van der Waals surface area contributed by atoms with Crippen LogP contribution < -0.4 is 9.21 Å². The molecule has 1 aromatic carbocycles. The average Bonchev–Trinajstić information content (AvgIpc) is 3.08. The van der Waals surface area contributed by atoms with Gasteiger partial charge in [0.15, 0.2) is 0 Å². The minimum Gasteiger partial charge on any atom is -0.371 e. The molecule has 7 nitrogen and oxygen atoms in total. The summed E-state index contributed by atoms with van der Waals surface area (Å²) in [5.41, 5.74) is 4.13. The van der Waals surface area contributed by atoms with Gasteiger partial charge in [-0.2, -0.15) is 0 Å². The standard InChI is InChI=1S/C20H23N5O2S/c1-14-6-5-7-17-20(14)25(9-8-23(17)4)28(26,27)18-11-21-19(10-15(18)2)24-12-16(3)22-13-24/h5-7,10-13H,8-9H2,1-4H3. The minimum absolute atomic E-state index is 0.229. The number of aryl methyl sites for hydroxylation is 3. The van der Waals surface area contributed by atoms with E-state index in [4.69, 9.17) is 0 Å². The number of benzene rings is 1. The van der Waals surface area contributed by atoms with Crippen LogP contribution in [0.2, 0.25) is 0 Å². The van der Waals surface area contributed by atoms with Crippen molar-refractivity contribution in [2.75, 3.05) is 29.3 Å². The molecule has 4 rings (SSSR count). The van der Waals surface area contributed by atoms with Crippen LogP contribution in [0.25, 0.3) is 5.82 Å². The number of imidazole rings is 1. The van der Waals surface area contributed by atoms with E-state index >= 15 is 0 Å². The number of rotatable bonds is 3. The van der Waals surface area contributed by atoms with Crippen LogP contribution in [0.4, 0.5) is 11.4 Å². The molecular formula is C20H23N5O2S. The number of pyridine rings is 1. The fourth-order valence-corrected chi connectivity index (χ4v) is 5.28. The van der Waals surface area contributed by atoms with Gasteiger partial charge in [-0.25, -0.2) is 18.4 Å². The monoisotopic (exact) mass is 397 g/mol. The lowest BCUT2D eigenvalue weighted by molar-refractivity contribution is 0.588. The third-order valence-corrected chi connectivity index (χ3v) is 7.04. The zero-order valence-corrected chi connectivity index (χ0v) is 17.2. The maximum atomic E-state index is 13.5. The SMILES string of the molecule is Cc1cn(-c2cc(C)c(S(=O)(=O)N3CCN(C)c4cccc(C)c43)cn2)cn1. The summed E-state index contributed by atoms with van der Waals surface area (Å²) in [5, 5.41) is 0. The molecule has 0 aliphatic carbocycles. The Labute approximate surface area is 165 Å². The molecule has 0 fully saturated rings. The fraction of sp³-hybridized carbons (Fsp3) is 0.300. The molecule has 3 heterocycles. The summed E-state index contributed by atoms with van der Waals surface area (Å²) in [6.45, 7) is 6.68. The van der Waals surface area contributed by atoms with E-state index in [1.165, 1.54) is 10.5 Å².